The molecule has 0 spiro atoms. The van der Waals surface area contributed by atoms with E-state index in [0.29, 0.717) is 18.0 Å². The van der Waals surface area contributed by atoms with Crippen molar-refractivity contribution in [2.75, 3.05) is 18.4 Å². The fourth-order valence-corrected chi connectivity index (χ4v) is 3.02. The van der Waals surface area contributed by atoms with E-state index in [2.05, 4.69) is 16.0 Å². The summed E-state index contributed by atoms with van der Waals surface area (Å²) in [5.74, 6) is -0.0923. The minimum atomic E-state index is -3.85. The Balaban J connectivity index is 2.25. The van der Waals surface area contributed by atoms with E-state index >= 15 is 0 Å². The van der Waals surface area contributed by atoms with E-state index < -0.39 is 16.0 Å². The zero-order valence-electron chi connectivity index (χ0n) is 13.1. The molecule has 2 rings (SSSR count). The lowest BCUT2D eigenvalue weighted by Gasteiger charge is -2.10. The maximum absolute atomic E-state index is 12.5. The van der Waals surface area contributed by atoms with Crippen LogP contribution < -0.4 is 9.46 Å². The van der Waals surface area contributed by atoms with Gasteiger partial charge in [-0.1, -0.05) is 24.8 Å². The van der Waals surface area contributed by atoms with Crippen molar-refractivity contribution < 1.29 is 22.7 Å². The van der Waals surface area contributed by atoms with Gasteiger partial charge in [0.05, 0.1) is 23.3 Å². The number of benzene rings is 2. The minimum Gasteiger partial charge on any atom is -0.489 e. The lowest BCUT2D eigenvalue weighted by atomic mass is 10.2. The average Bonchev–Trinajstić information content (AvgIpc) is 2.59. The number of rotatable bonds is 7. The summed E-state index contributed by atoms with van der Waals surface area (Å²) in [6.45, 7) is 3.87. The first-order valence-electron chi connectivity index (χ1n) is 7.01. The van der Waals surface area contributed by atoms with Crippen molar-refractivity contribution in [1.29, 1.82) is 0 Å². The SMILES string of the molecule is C=CCOc1cccc(NS(=O)(=O)c2cccc(C(=O)OC)c2)c1. The van der Waals surface area contributed by atoms with E-state index in [9.17, 15) is 13.2 Å². The highest BCUT2D eigenvalue weighted by Crippen LogP contribution is 2.21. The van der Waals surface area contributed by atoms with Gasteiger partial charge in [-0.25, -0.2) is 13.2 Å². The number of esters is 1. The molecule has 7 heteroatoms. The molecule has 0 atom stereocenters. The molecule has 0 aliphatic heterocycles. The highest BCUT2D eigenvalue weighted by molar-refractivity contribution is 7.92. The predicted octanol–water partition coefficient (Wildman–Crippen LogP) is 2.84. The molecule has 0 unspecified atom stereocenters. The number of carbonyl (C=O) groups excluding carboxylic acids is 1. The molecule has 0 aliphatic rings. The Morgan fingerprint density at radius 2 is 1.96 bits per heavy atom. The molecule has 0 radical (unpaired) electrons. The quantitative estimate of drug-likeness (QED) is 0.615. The zero-order valence-corrected chi connectivity index (χ0v) is 13.9. The Hall–Kier alpha value is -2.80. The molecule has 0 bridgehead atoms. The van der Waals surface area contributed by atoms with Crippen LogP contribution in [0.1, 0.15) is 10.4 Å². The van der Waals surface area contributed by atoms with Crippen LogP contribution in [0.4, 0.5) is 5.69 Å². The van der Waals surface area contributed by atoms with Crippen LogP contribution in [0.5, 0.6) is 5.75 Å². The molecule has 1 N–H and O–H groups in total. The molecule has 2 aromatic carbocycles. The minimum absolute atomic E-state index is 0.0391. The molecule has 0 aromatic heterocycles. The number of carbonyl (C=O) groups is 1. The van der Waals surface area contributed by atoms with E-state index in [1.54, 1.807) is 30.3 Å². The number of ether oxygens (including phenoxy) is 2. The second kappa shape index (κ2) is 7.65. The summed E-state index contributed by atoms with van der Waals surface area (Å²) in [7, 11) is -2.62. The molecule has 0 saturated heterocycles. The van der Waals surface area contributed by atoms with Gasteiger partial charge in [0.2, 0.25) is 0 Å². The molecule has 0 fully saturated rings. The van der Waals surface area contributed by atoms with Gasteiger partial charge in [-0.15, -0.1) is 0 Å². The predicted molar refractivity (Wildman–Crippen MR) is 90.7 cm³/mol. The summed E-state index contributed by atoms with van der Waals surface area (Å²) in [5.41, 5.74) is 0.503. The van der Waals surface area contributed by atoms with Gasteiger partial charge in [-0.3, -0.25) is 4.72 Å². The smallest absolute Gasteiger partial charge is 0.337 e. The number of hydrogen-bond donors (Lipinski definition) is 1. The van der Waals surface area contributed by atoms with Crippen LogP contribution in [0.25, 0.3) is 0 Å². The summed E-state index contributed by atoms with van der Waals surface area (Å²) >= 11 is 0. The lowest BCUT2D eigenvalue weighted by molar-refractivity contribution is 0.0600. The first-order valence-corrected chi connectivity index (χ1v) is 8.49. The topological polar surface area (TPSA) is 81.7 Å². The third-order valence-corrected chi connectivity index (χ3v) is 4.40. The standard InChI is InChI=1S/C17H17NO5S/c1-3-10-23-15-8-5-7-14(12-15)18-24(20,21)16-9-4-6-13(11-16)17(19)22-2/h3-9,11-12,18H,1,10H2,2H3. The van der Waals surface area contributed by atoms with Crippen molar-refractivity contribution in [3.8, 4) is 5.75 Å². The van der Waals surface area contributed by atoms with E-state index in [0.717, 1.165) is 0 Å². The molecule has 24 heavy (non-hydrogen) atoms. The second-order valence-corrected chi connectivity index (χ2v) is 6.43. The van der Waals surface area contributed by atoms with Crippen molar-refractivity contribution in [3.05, 3.63) is 66.7 Å². The van der Waals surface area contributed by atoms with Crippen molar-refractivity contribution >= 4 is 21.7 Å². The van der Waals surface area contributed by atoms with Crippen LogP contribution in [0.15, 0.2) is 66.1 Å². The van der Waals surface area contributed by atoms with Gasteiger partial charge < -0.3 is 9.47 Å². The van der Waals surface area contributed by atoms with Crippen LogP contribution in [-0.4, -0.2) is 28.1 Å². The normalized spacial score (nSPS) is 10.7. The van der Waals surface area contributed by atoms with Crippen molar-refractivity contribution in [2.45, 2.75) is 4.90 Å². The Kier molecular flexibility index (Phi) is 5.59. The molecule has 0 saturated carbocycles. The summed E-state index contributed by atoms with van der Waals surface area (Å²) in [5, 5.41) is 0. The number of sulfonamides is 1. The average molecular weight is 347 g/mol. The molecule has 6 nitrogen and oxygen atoms in total. The number of methoxy groups -OCH3 is 1. The summed E-state index contributed by atoms with van der Waals surface area (Å²) in [6.07, 6.45) is 1.59. The van der Waals surface area contributed by atoms with Gasteiger partial charge in [0.15, 0.2) is 0 Å². The largest absolute Gasteiger partial charge is 0.489 e. The fourth-order valence-electron chi connectivity index (χ4n) is 1.93. The molecule has 126 valence electrons. The van der Waals surface area contributed by atoms with Crippen molar-refractivity contribution in [1.82, 2.24) is 0 Å². The molecule has 2 aromatic rings. The van der Waals surface area contributed by atoms with Crippen LogP contribution in [0.2, 0.25) is 0 Å². The van der Waals surface area contributed by atoms with Crippen LogP contribution >= 0.6 is 0 Å². The van der Waals surface area contributed by atoms with E-state index in [1.807, 2.05) is 0 Å². The number of hydrogen-bond acceptors (Lipinski definition) is 5. The molecule has 0 heterocycles. The van der Waals surface area contributed by atoms with Crippen LogP contribution in [0.3, 0.4) is 0 Å². The maximum atomic E-state index is 12.5. The van der Waals surface area contributed by atoms with E-state index in [1.165, 1.54) is 31.4 Å². The van der Waals surface area contributed by atoms with E-state index in [-0.39, 0.29) is 10.5 Å². The molecule has 0 aliphatic carbocycles. The summed E-state index contributed by atoms with van der Waals surface area (Å²) < 4.78 is 37.4. The van der Waals surface area contributed by atoms with Crippen molar-refractivity contribution in [3.63, 3.8) is 0 Å². The van der Waals surface area contributed by atoms with E-state index in [4.69, 9.17) is 4.74 Å². The molecular weight excluding hydrogens is 330 g/mol. The monoisotopic (exact) mass is 347 g/mol. The Labute approximate surface area is 140 Å². The molecular formula is C17H17NO5S. The lowest BCUT2D eigenvalue weighted by Crippen LogP contribution is -2.14. The Morgan fingerprint density at radius 3 is 2.67 bits per heavy atom. The van der Waals surface area contributed by atoms with Gasteiger partial charge >= 0.3 is 5.97 Å². The fraction of sp³-hybridized carbons (Fsp3) is 0.118. The van der Waals surface area contributed by atoms with Gasteiger partial charge in [0.1, 0.15) is 12.4 Å². The number of nitrogens with one attached hydrogen (secondary N) is 1. The third-order valence-electron chi connectivity index (χ3n) is 3.02. The Bertz CT molecular complexity index is 846. The Morgan fingerprint density at radius 1 is 1.21 bits per heavy atom. The molecule has 0 amide bonds. The van der Waals surface area contributed by atoms with Gasteiger partial charge in [-0.05, 0) is 30.3 Å². The first-order chi connectivity index (χ1) is 11.5. The van der Waals surface area contributed by atoms with Gasteiger partial charge in [0, 0.05) is 6.07 Å². The van der Waals surface area contributed by atoms with Gasteiger partial charge in [-0.2, -0.15) is 0 Å². The highest BCUT2D eigenvalue weighted by atomic mass is 32.2. The second-order valence-electron chi connectivity index (χ2n) is 4.75. The number of anilines is 1. The van der Waals surface area contributed by atoms with Gasteiger partial charge in [0.25, 0.3) is 10.0 Å². The maximum Gasteiger partial charge on any atom is 0.337 e. The third kappa shape index (κ3) is 4.36. The van der Waals surface area contributed by atoms with Crippen molar-refractivity contribution in [2.24, 2.45) is 0 Å². The highest BCUT2D eigenvalue weighted by Gasteiger charge is 2.17. The summed E-state index contributed by atoms with van der Waals surface area (Å²) in [6, 6.07) is 12.1. The van der Waals surface area contributed by atoms with Crippen LogP contribution in [0, 0.1) is 0 Å². The first kappa shape index (κ1) is 17.6. The van der Waals surface area contributed by atoms with Crippen LogP contribution in [-0.2, 0) is 14.8 Å². The summed E-state index contributed by atoms with van der Waals surface area (Å²) in [4.78, 5) is 11.5. The zero-order chi connectivity index (χ0) is 17.6.